The maximum Gasteiger partial charge on any atom is 0.130 e. The van der Waals surface area contributed by atoms with E-state index in [0.29, 0.717) is 6.42 Å². The molecule has 1 aromatic rings. The van der Waals surface area contributed by atoms with Crippen molar-refractivity contribution in [1.82, 2.24) is 0 Å². The molecule has 2 N–H and O–H groups in total. The van der Waals surface area contributed by atoms with Gasteiger partial charge in [-0.2, -0.15) is 0 Å². The number of benzene rings is 1. The van der Waals surface area contributed by atoms with Gasteiger partial charge in [0, 0.05) is 12.1 Å². The number of carbonyl (C=O) groups is 1. The minimum absolute atomic E-state index is 0.220. The largest absolute Gasteiger partial charge is 0.399 e. The van der Waals surface area contributed by atoms with Crippen LogP contribution < -0.4 is 5.73 Å². The Kier molecular flexibility index (Phi) is 6.46. The average Bonchev–Trinajstić information content (AvgIpc) is 2.18. The SMILES string of the molecule is CC.CC(=O)CCc1cccc(N)c1. The molecule has 0 spiro atoms. The van der Waals surface area contributed by atoms with Crippen LogP contribution in [0.2, 0.25) is 0 Å². The minimum Gasteiger partial charge on any atom is -0.399 e. The molecule has 0 saturated heterocycles. The molecule has 14 heavy (non-hydrogen) atoms. The van der Waals surface area contributed by atoms with Crippen molar-refractivity contribution in [2.75, 3.05) is 5.73 Å². The number of hydrogen-bond donors (Lipinski definition) is 1. The van der Waals surface area contributed by atoms with Crippen molar-refractivity contribution in [1.29, 1.82) is 0 Å². The molecule has 0 bridgehead atoms. The van der Waals surface area contributed by atoms with Crippen LogP contribution in [0.15, 0.2) is 24.3 Å². The van der Waals surface area contributed by atoms with Gasteiger partial charge in [0.2, 0.25) is 0 Å². The lowest BCUT2D eigenvalue weighted by molar-refractivity contribution is -0.116. The van der Waals surface area contributed by atoms with Gasteiger partial charge in [-0.15, -0.1) is 0 Å². The Bertz CT molecular complexity index is 281. The highest BCUT2D eigenvalue weighted by atomic mass is 16.1. The Labute approximate surface area is 86.1 Å². The van der Waals surface area contributed by atoms with Gasteiger partial charge in [-0.1, -0.05) is 26.0 Å². The molecule has 2 nitrogen and oxygen atoms in total. The summed E-state index contributed by atoms with van der Waals surface area (Å²) in [6.07, 6.45) is 1.39. The zero-order valence-electron chi connectivity index (χ0n) is 9.21. The molecule has 0 aliphatic rings. The average molecular weight is 193 g/mol. The van der Waals surface area contributed by atoms with E-state index in [1.165, 1.54) is 0 Å². The number of anilines is 1. The minimum atomic E-state index is 0.220. The topological polar surface area (TPSA) is 43.1 Å². The summed E-state index contributed by atoms with van der Waals surface area (Å²) in [7, 11) is 0. The normalized spacial score (nSPS) is 8.79. The summed E-state index contributed by atoms with van der Waals surface area (Å²) >= 11 is 0. The Morgan fingerprint density at radius 2 is 2.00 bits per heavy atom. The highest BCUT2D eigenvalue weighted by Gasteiger charge is 1.96. The van der Waals surface area contributed by atoms with Crippen molar-refractivity contribution in [3.63, 3.8) is 0 Å². The van der Waals surface area contributed by atoms with Gasteiger partial charge in [-0.3, -0.25) is 0 Å². The zero-order valence-corrected chi connectivity index (χ0v) is 9.21. The van der Waals surface area contributed by atoms with Gasteiger partial charge in [-0.05, 0) is 31.0 Å². The molecule has 0 saturated carbocycles. The Morgan fingerprint density at radius 1 is 1.36 bits per heavy atom. The van der Waals surface area contributed by atoms with Gasteiger partial charge in [0.05, 0.1) is 0 Å². The first-order valence-corrected chi connectivity index (χ1v) is 5.02. The van der Waals surface area contributed by atoms with E-state index < -0.39 is 0 Å². The fourth-order valence-corrected chi connectivity index (χ4v) is 1.07. The van der Waals surface area contributed by atoms with E-state index in [2.05, 4.69) is 0 Å². The molecule has 0 aromatic heterocycles. The summed E-state index contributed by atoms with van der Waals surface area (Å²) in [4.78, 5) is 10.7. The van der Waals surface area contributed by atoms with Crippen molar-refractivity contribution in [2.24, 2.45) is 0 Å². The number of ketones is 1. The lowest BCUT2D eigenvalue weighted by atomic mass is 10.1. The third kappa shape index (κ3) is 5.36. The second-order valence-electron chi connectivity index (χ2n) is 2.95. The summed E-state index contributed by atoms with van der Waals surface area (Å²) in [6, 6.07) is 7.64. The van der Waals surface area contributed by atoms with Gasteiger partial charge < -0.3 is 10.5 Å². The Balaban J connectivity index is 0.000000791. The number of aryl methyl sites for hydroxylation is 1. The third-order valence-corrected chi connectivity index (χ3v) is 1.72. The number of nitrogens with two attached hydrogens (primary N) is 1. The van der Waals surface area contributed by atoms with Crippen molar-refractivity contribution < 1.29 is 4.79 Å². The van der Waals surface area contributed by atoms with E-state index in [0.717, 1.165) is 17.7 Å². The van der Waals surface area contributed by atoms with Crippen LogP contribution in [-0.4, -0.2) is 5.78 Å². The molecule has 0 aliphatic carbocycles. The van der Waals surface area contributed by atoms with E-state index in [-0.39, 0.29) is 5.78 Å². The van der Waals surface area contributed by atoms with Gasteiger partial charge >= 0.3 is 0 Å². The van der Waals surface area contributed by atoms with Gasteiger partial charge in [0.1, 0.15) is 5.78 Å². The predicted molar refractivity (Wildman–Crippen MR) is 61.2 cm³/mol. The molecule has 78 valence electrons. The van der Waals surface area contributed by atoms with Crippen LogP contribution in [0.25, 0.3) is 0 Å². The van der Waals surface area contributed by atoms with Crippen LogP contribution in [-0.2, 0) is 11.2 Å². The number of nitrogen functional groups attached to an aromatic ring is 1. The van der Waals surface area contributed by atoms with Crippen molar-refractivity contribution in [3.05, 3.63) is 29.8 Å². The second-order valence-corrected chi connectivity index (χ2v) is 2.95. The fraction of sp³-hybridized carbons (Fsp3) is 0.417. The van der Waals surface area contributed by atoms with Gasteiger partial charge in [0.15, 0.2) is 0 Å². The van der Waals surface area contributed by atoms with E-state index in [1.807, 2.05) is 38.1 Å². The van der Waals surface area contributed by atoms with Crippen molar-refractivity contribution in [3.8, 4) is 0 Å². The quantitative estimate of drug-likeness (QED) is 0.750. The number of rotatable bonds is 3. The van der Waals surface area contributed by atoms with Crippen molar-refractivity contribution >= 4 is 11.5 Å². The van der Waals surface area contributed by atoms with Crippen LogP contribution in [0.1, 0.15) is 32.8 Å². The first kappa shape index (κ1) is 12.7. The molecular weight excluding hydrogens is 174 g/mol. The van der Waals surface area contributed by atoms with E-state index >= 15 is 0 Å². The third-order valence-electron chi connectivity index (χ3n) is 1.72. The summed E-state index contributed by atoms with van der Waals surface area (Å²) in [5.74, 6) is 0.220. The maximum absolute atomic E-state index is 10.7. The lowest BCUT2D eigenvalue weighted by Crippen LogP contribution is -1.94. The van der Waals surface area contributed by atoms with E-state index in [9.17, 15) is 4.79 Å². The van der Waals surface area contributed by atoms with Crippen molar-refractivity contribution in [2.45, 2.75) is 33.6 Å². The highest BCUT2D eigenvalue weighted by molar-refractivity contribution is 5.75. The van der Waals surface area contributed by atoms with E-state index in [4.69, 9.17) is 5.73 Å². The maximum atomic E-state index is 10.7. The van der Waals surface area contributed by atoms with Gasteiger partial charge in [-0.25, -0.2) is 0 Å². The fourth-order valence-electron chi connectivity index (χ4n) is 1.07. The molecule has 0 aliphatic heterocycles. The lowest BCUT2D eigenvalue weighted by Gasteiger charge is -1.99. The summed E-state index contributed by atoms with van der Waals surface area (Å²) in [6.45, 7) is 5.60. The zero-order chi connectivity index (χ0) is 11.0. The summed E-state index contributed by atoms with van der Waals surface area (Å²) in [5, 5.41) is 0. The standard InChI is InChI=1S/C10H13NO.C2H6/c1-8(12)5-6-9-3-2-4-10(11)7-9;1-2/h2-4,7H,5-6,11H2,1H3;1-2H3. The Hall–Kier alpha value is -1.31. The molecule has 0 radical (unpaired) electrons. The van der Waals surface area contributed by atoms with Crippen LogP contribution in [0.3, 0.4) is 0 Å². The molecular formula is C12H19NO. The first-order chi connectivity index (χ1) is 6.68. The molecule has 1 aromatic carbocycles. The number of Topliss-reactive ketones (excluding diaryl/α,β-unsaturated/α-hetero) is 1. The first-order valence-electron chi connectivity index (χ1n) is 5.02. The monoisotopic (exact) mass is 193 g/mol. The highest BCUT2D eigenvalue weighted by Crippen LogP contribution is 2.08. The predicted octanol–water partition coefficient (Wildman–Crippen LogP) is 2.82. The molecule has 2 heteroatoms. The Morgan fingerprint density at radius 3 is 2.50 bits per heavy atom. The van der Waals surface area contributed by atoms with Crippen LogP contribution in [0.5, 0.6) is 0 Å². The van der Waals surface area contributed by atoms with E-state index in [1.54, 1.807) is 6.92 Å². The smallest absolute Gasteiger partial charge is 0.130 e. The molecule has 0 heterocycles. The molecule has 1 rings (SSSR count). The van der Waals surface area contributed by atoms with Crippen LogP contribution in [0, 0.1) is 0 Å². The molecule has 0 unspecified atom stereocenters. The summed E-state index contributed by atoms with van der Waals surface area (Å²) in [5.41, 5.74) is 7.47. The second kappa shape index (κ2) is 7.13. The molecule has 0 fully saturated rings. The number of carbonyl (C=O) groups excluding carboxylic acids is 1. The number of hydrogen-bond acceptors (Lipinski definition) is 2. The van der Waals surface area contributed by atoms with Crippen LogP contribution >= 0.6 is 0 Å². The summed E-state index contributed by atoms with van der Waals surface area (Å²) < 4.78 is 0. The molecule has 0 amide bonds. The van der Waals surface area contributed by atoms with Crippen LogP contribution in [0.4, 0.5) is 5.69 Å². The van der Waals surface area contributed by atoms with Gasteiger partial charge in [0.25, 0.3) is 0 Å². The molecule has 0 atom stereocenters.